The van der Waals surface area contributed by atoms with Gasteiger partial charge in [0, 0.05) is 12.1 Å². The summed E-state index contributed by atoms with van der Waals surface area (Å²) < 4.78 is 0. The maximum atomic E-state index is 12.0. The maximum absolute atomic E-state index is 12.0. The quantitative estimate of drug-likeness (QED) is 0.691. The van der Waals surface area contributed by atoms with Gasteiger partial charge in [0.2, 0.25) is 5.91 Å². The summed E-state index contributed by atoms with van der Waals surface area (Å²) in [5.74, 6) is -0.0944. The molecular weight excluding hydrogens is 314 g/mol. The summed E-state index contributed by atoms with van der Waals surface area (Å²) in [7, 11) is 0. The van der Waals surface area contributed by atoms with Gasteiger partial charge in [0.25, 0.3) is 5.69 Å². The van der Waals surface area contributed by atoms with Crippen molar-refractivity contribution in [3.63, 3.8) is 0 Å². The van der Waals surface area contributed by atoms with Crippen LogP contribution in [-0.2, 0) is 11.2 Å². The fourth-order valence-corrected chi connectivity index (χ4v) is 3.24. The van der Waals surface area contributed by atoms with Crippen LogP contribution in [0.2, 0.25) is 0 Å². The molecule has 2 aromatic carbocycles. The highest BCUT2D eigenvalue weighted by atomic mass is 32.2. The number of nitro benzene ring substituents is 1. The number of carbonyl (C=O) groups is 1. The molecule has 0 bridgehead atoms. The molecule has 23 heavy (non-hydrogen) atoms. The fourth-order valence-electron chi connectivity index (χ4n) is 2.21. The molecule has 116 valence electrons. The topological polar surface area (TPSA) is 84.6 Å². The first-order valence-corrected chi connectivity index (χ1v) is 7.84. The standard InChI is InChI=1S/C16H13N3O3S/c20-15-14(9-11-5-2-1-3-6-11)23-16(18-15)17-12-7-4-8-13(10-12)19(21)22/h1-8,10,14H,9H2,(H,17,18,20). The average Bonchev–Trinajstić information content (AvgIpc) is 2.88. The van der Waals surface area contributed by atoms with E-state index in [-0.39, 0.29) is 16.8 Å². The van der Waals surface area contributed by atoms with E-state index < -0.39 is 4.92 Å². The number of benzene rings is 2. The van der Waals surface area contributed by atoms with Crippen molar-refractivity contribution in [2.24, 2.45) is 4.99 Å². The zero-order valence-corrected chi connectivity index (χ0v) is 12.8. The van der Waals surface area contributed by atoms with E-state index in [2.05, 4.69) is 10.3 Å². The van der Waals surface area contributed by atoms with E-state index in [0.29, 0.717) is 17.3 Å². The van der Waals surface area contributed by atoms with Crippen LogP contribution in [0.15, 0.2) is 59.6 Å². The molecule has 0 aliphatic carbocycles. The third-order valence-electron chi connectivity index (χ3n) is 3.31. The number of non-ortho nitro benzene ring substituents is 1. The normalized spacial score (nSPS) is 18.9. The Hall–Kier alpha value is -2.67. The van der Waals surface area contributed by atoms with Gasteiger partial charge in [-0.15, -0.1) is 0 Å². The minimum Gasteiger partial charge on any atom is -0.304 e. The first-order chi connectivity index (χ1) is 11.1. The lowest BCUT2D eigenvalue weighted by atomic mass is 10.1. The molecule has 1 fully saturated rings. The summed E-state index contributed by atoms with van der Waals surface area (Å²) in [5, 5.41) is 13.7. The number of hydrogen-bond acceptors (Lipinski definition) is 5. The molecule has 1 amide bonds. The number of hydrogen-bond donors (Lipinski definition) is 1. The summed E-state index contributed by atoms with van der Waals surface area (Å²) in [4.78, 5) is 26.6. The zero-order valence-electron chi connectivity index (χ0n) is 12.0. The van der Waals surface area contributed by atoms with Gasteiger partial charge in [-0.05, 0) is 18.1 Å². The van der Waals surface area contributed by atoms with Crippen molar-refractivity contribution in [2.45, 2.75) is 11.7 Å². The van der Waals surface area contributed by atoms with Gasteiger partial charge < -0.3 is 5.32 Å². The highest BCUT2D eigenvalue weighted by Gasteiger charge is 2.30. The van der Waals surface area contributed by atoms with Crippen LogP contribution in [0, 0.1) is 10.1 Å². The van der Waals surface area contributed by atoms with E-state index in [1.54, 1.807) is 12.1 Å². The van der Waals surface area contributed by atoms with Crippen LogP contribution in [0.25, 0.3) is 0 Å². The Labute approximate surface area is 136 Å². The molecule has 1 aliphatic heterocycles. The Morgan fingerprint density at radius 1 is 1.17 bits per heavy atom. The van der Waals surface area contributed by atoms with Gasteiger partial charge in [0.1, 0.15) is 0 Å². The summed E-state index contributed by atoms with van der Waals surface area (Å²) >= 11 is 1.34. The van der Waals surface area contributed by atoms with Crippen LogP contribution >= 0.6 is 11.8 Å². The van der Waals surface area contributed by atoms with Crippen molar-refractivity contribution >= 4 is 34.2 Å². The van der Waals surface area contributed by atoms with E-state index in [9.17, 15) is 14.9 Å². The Morgan fingerprint density at radius 2 is 1.96 bits per heavy atom. The summed E-state index contributed by atoms with van der Waals surface area (Å²) in [6, 6.07) is 15.8. The molecule has 3 rings (SSSR count). The fraction of sp³-hybridized carbons (Fsp3) is 0.125. The molecule has 2 aromatic rings. The maximum Gasteiger partial charge on any atom is 0.271 e. The van der Waals surface area contributed by atoms with Gasteiger partial charge in [0.15, 0.2) is 5.17 Å². The van der Waals surface area contributed by atoms with Crippen LogP contribution in [0.1, 0.15) is 5.56 Å². The third kappa shape index (κ3) is 3.75. The highest BCUT2D eigenvalue weighted by molar-refractivity contribution is 8.15. The average molecular weight is 327 g/mol. The molecule has 0 saturated carbocycles. The second-order valence-electron chi connectivity index (χ2n) is 4.98. The number of rotatable bonds is 4. The highest BCUT2D eigenvalue weighted by Crippen LogP contribution is 2.27. The Bertz CT molecular complexity index is 777. The Kier molecular flexibility index (Phi) is 4.38. The van der Waals surface area contributed by atoms with Crippen LogP contribution < -0.4 is 5.32 Å². The molecule has 1 unspecified atom stereocenters. The van der Waals surface area contributed by atoms with Crippen LogP contribution in [0.4, 0.5) is 11.4 Å². The molecule has 0 radical (unpaired) electrons. The third-order valence-corrected chi connectivity index (χ3v) is 4.39. The predicted molar refractivity (Wildman–Crippen MR) is 89.9 cm³/mol. The molecule has 1 N–H and O–H groups in total. The van der Waals surface area contributed by atoms with Crippen molar-refractivity contribution in [1.29, 1.82) is 0 Å². The largest absolute Gasteiger partial charge is 0.304 e. The van der Waals surface area contributed by atoms with Gasteiger partial charge in [-0.3, -0.25) is 14.9 Å². The summed E-state index contributed by atoms with van der Waals surface area (Å²) in [6.45, 7) is 0. The van der Waals surface area contributed by atoms with Gasteiger partial charge in [-0.1, -0.05) is 48.2 Å². The monoisotopic (exact) mass is 327 g/mol. The smallest absolute Gasteiger partial charge is 0.271 e. The number of aliphatic imine (C=N–C) groups is 1. The lowest BCUT2D eigenvalue weighted by molar-refractivity contribution is -0.384. The van der Waals surface area contributed by atoms with Crippen LogP contribution in [-0.4, -0.2) is 21.2 Å². The van der Waals surface area contributed by atoms with E-state index in [1.165, 1.54) is 23.9 Å². The van der Waals surface area contributed by atoms with Crippen molar-refractivity contribution in [3.05, 3.63) is 70.3 Å². The minimum atomic E-state index is -0.470. The molecule has 0 spiro atoms. The van der Waals surface area contributed by atoms with Crippen molar-refractivity contribution in [3.8, 4) is 0 Å². The van der Waals surface area contributed by atoms with E-state index in [1.807, 2.05) is 30.3 Å². The predicted octanol–water partition coefficient (Wildman–Crippen LogP) is 3.06. The van der Waals surface area contributed by atoms with E-state index in [0.717, 1.165) is 5.56 Å². The zero-order chi connectivity index (χ0) is 16.2. The van der Waals surface area contributed by atoms with E-state index >= 15 is 0 Å². The lowest BCUT2D eigenvalue weighted by Gasteiger charge is -2.04. The van der Waals surface area contributed by atoms with Gasteiger partial charge >= 0.3 is 0 Å². The second kappa shape index (κ2) is 6.62. The number of nitrogens with zero attached hydrogens (tertiary/aromatic N) is 2. The van der Waals surface area contributed by atoms with Crippen molar-refractivity contribution in [2.75, 3.05) is 0 Å². The molecule has 1 atom stereocenters. The van der Waals surface area contributed by atoms with Crippen molar-refractivity contribution < 1.29 is 9.72 Å². The number of nitrogens with one attached hydrogen (secondary N) is 1. The number of amides is 1. The van der Waals surface area contributed by atoms with Gasteiger partial charge in [0.05, 0.1) is 15.9 Å². The molecule has 6 nitrogen and oxygen atoms in total. The Morgan fingerprint density at radius 3 is 2.70 bits per heavy atom. The van der Waals surface area contributed by atoms with Gasteiger partial charge in [-0.2, -0.15) is 0 Å². The molecule has 1 aliphatic rings. The van der Waals surface area contributed by atoms with Crippen LogP contribution in [0.5, 0.6) is 0 Å². The van der Waals surface area contributed by atoms with Crippen LogP contribution in [0.3, 0.4) is 0 Å². The SMILES string of the molecule is O=C1NC(=Nc2cccc([N+](=O)[O-])c2)SC1Cc1ccccc1. The first-order valence-electron chi connectivity index (χ1n) is 6.96. The molecular formula is C16H13N3O3S. The van der Waals surface area contributed by atoms with Crippen molar-refractivity contribution in [1.82, 2.24) is 5.32 Å². The number of amidine groups is 1. The number of carbonyl (C=O) groups excluding carboxylic acids is 1. The summed E-state index contributed by atoms with van der Waals surface area (Å²) in [6.07, 6.45) is 0.616. The first kappa shape index (κ1) is 15.2. The summed E-state index contributed by atoms with van der Waals surface area (Å²) in [5.41, 5.74) is 1.50. The van der Waals surface area contributed by atoms with Gasteiger partial charge in [-0.25, -0.2) is 4.99 Å². The molecule has 1 saturated heterocycles. The van der Waals surface area contributed by atoms with E-state index in [4.69, 9.17) is 0 Å². The molecule has 7 heteroatoms. The number of thioether (sulfide) groups is 1. The molecule has 1 heterocycles. The molecule has 0 aromatic heterocycles. The minimum absolute atomic E-state index is 0.0259. The number of nitro groups is 1. The lowest BCUT2D eigenvalue weighted by Crippen LogP contribution is -2.25. The Balaban J connectivity index is 1.74. The second-order valence-corrected chi connectivity index (χ2v) is 6.17.